The monoisotopic (exact) mass is 251 g/mol. The Morgan fingerprint density at radius 3 is 2.50 bits per heavy atom. The van der Waals surface area contributed by atoms with Crippen molar-refractivity contribution in [3.05, 3.63) is 18.0 Å². The van der Waals surface area contributed by atoms with Crippen LogP contribution in [-0.4, -0.2) is 22.4 Å². The fourth-order valence-electron chi connectivity index (χ4n) is 2.16. The van der Waals surface area contributed by atoms with Crippen molar-refractivity contribution in [1.82, 2.24) is 15.1 Å². The van der Waals surface area contributed by atoms with Crippen molar-refractivity contribution in [3.63, 3.8) is 0 Å². The minimum absolute atomic E-state index is 0.456. The van der Waals surface area contributed by atoms with Crippen LogP contribution in [0.15, 0.2) is 12.3 Å². The van der Waals surface area contributed by atoms with Crippen molar-refractivity contribution in [1.29, 1.82) is 0 Å². The second kappa shape index (κ2) is 7.57. The Kier molecular flexibility index (Phi) is 6.41. The topological polar surface area (TPSA) is 29.9 Å². The first-order valence-corrected chi connectivity index (χ1v) is 7.30. The van der Waals surface area contributed by atoms with Crippen molar-refractivity contribution < 1.29 is 0 Å². The molecule has 0 aromatic carbocycles. The molecule has 0 saturated heterocycles. The number of hydrogen-bond acceptors (Lipinski definition) is 2. The maximum absolute atomic E-state index is 4.65. The quantitative estimate of drug-likeness (QED) is 0.767. The van der Waals surface area contributed by atoms with Gasteiger partial charge in [0.15, 0.2) is 0 Å². The summed E-state index contributed by atoms with van der Waals surface area (Å²) < 4.78 is 2.05. The molecule has 0 fully saturated rings. The van der Waals surface area contributed by atoms with Crippen LogP contribution in [0.25, 0.3) is 0 Å². The molecule has 1 rings (SSSR count). The largest absolute Gasteiger partial charge is 0.314 e. The molecule has 1 unspecified atom stereocenters. The Morgan fingerprint density at radius 2 is 2.00 bits per heavy atom. The molecule has 3 heteroatoms. The summed E-state index contributed by atoms with van der Waals surface area (Å²) in [5.74, 6) is 0.702. The summed E-state index contributed by atoms with van der Waals surface area (Å²) in [6.45, 7) is 12.1. The highest BCUT2D eigenvalue weighted by atomic mass is 15.3. The average Bonchev–Trinajstić information content (AvgIpc) is 2.75. The summed E-state index contributed by atoms with van der Waals surface area (Å²) >= 11 is 0. The third kappa shape index (κ3) is 5.21. The molecule has 1 atom stereocenters. The minimum atomic E-state index is 0.456. The molecule has 104 valence electrons. The van der Waals surface area contributed by atoms with Crippen molar-refractivity contribution in [2.75, 3.05) is 6.54 Å². The Hall–Kier alpha value is -0.830. The number of nitrogens with zero attached hydrogens (tertiary/aromatic N) is 2. The first-order valence-electron chi connectivity index (χ1n) is 7.30. The lowest BCUT2D eigenvalue weighted by Crippen LogP contribution is -2.30. The molecule has 1 aromatic heterocycles. The Labute approximate surface area is 112 Å². The fourth-order valence-corrected chi connectivity index (χ4v) is 2.16. The molecule has 0 aliphatic carbocycles. The molecule has 0 aliphatic rings. The molecule has 0 amide bonds. The Morgan fingerprint density at radius 1 is 1.28 bits per heavy atom. The van der Waals surface area contributed by atoms with Gasteiger partial charge in [0.1, 0.15) is 0 Å². The van der Waals surface area contributed by atoms with Gasteiger partial charge in [0.25, 0.3) is 0 Å². The first-order chi connectivity index (χ1) is 8.52. The molecule has 1 N–H and O–H groups in total. The van der Waals surface area contributed by atoms with E-state index in [0.717, 1.165) is 13.0 Å². The van der Waals surface area contributed by atoms with Gasteiger partial charge in [0.2, 0.25) is 0 Å². The van der Waals surface area contributed by atoms with Gasteiger partial charge in [-0.25, -0.2) is 0 Å². The van der Waals surface area contributed by atoms with Crippen molar-refractivity contribution in [2.24, 2.45) is 5.92 Å². The van der Waals surface area contributed by atoms with Crippen LogP contribution in [0, 0.1) is 5.92 Å². The lowest BCUT2D eigenvalue weighted by molar-refractivity contribution is 0.412. The van der Waals surface area contributed by atoms with E-state index < -0.39 is 0 Å². The lowest BCUT2D eigenvalue weighted by Gasteiger charge is -2.17. The maximum atomic E-state index is 4.65. The number of rotatable bonds is 8. The molecule has 3 nitrogen and oxygen atoms in total. The highest BCUT2D eigenvalue weighted by Crippen LogP contribution is 2.14. The van der Waals surface area contributed by atoms with E-state index >= 15 is 0 Å². The highest BCUT2D eigenvalue weighted by molar-refractivity contribution is 5.01. The van der Waals surface area contributed by atoms with Gasteiger partial charge < -0.3 is 5.32 Å². The van der Waals surface area contributed by atoms with Crippen LogP contribution < -0.4 is 5.32 Å². The van der Waals surface area contributed by atoms with Crippen LogP contribution >= 0.6 is 0 Å². The summed E-state index contributed by atoms with van der Waals surface area (Å²) in [6.07, 6.45) is 5.70. The van der Waals surface area contributed by atoms with E-state index in [1.165, 1.54) is 18.5 Å². The van der Waals surface area contributed by atoms with Crippen LogP contribution in [0.4, 0.5) is 0 Å². The molecule has 1 heterocycles. The lowest BCUT2D eigenvalue weighted by atomic mass is 9.98. The van der Waals surface area contributed by atoms with E-state index in [4.69, 9.17) is 0 Å². The van der Waals surface area contributed by atoms with E-state index in [-0.39, 0.29) is 0 Å². The third-order valence-corrected chi connectivity index (χ3v) is 3.20. The molecule has 1 aromatic rings. The van der Waals surface area contributed by atoms with Crippen molar-refractivity contribution in [2.45, 2.75) is 66.0 Å². The van der Waals surface area contributed by atoms with E-state index in [9.17, 15) is 0 Å². The zero-order valence-electron chi connectivity index (χ0n) is 12.6. The fraction of sp³-hybridized carbons (Fsp3) is 0.800. The summed E-state index contributed by atoms with van der Waals surface area (Å²) in [7, 11) is 0. The second-order valence-corrected chi connectivity index (χ2v) is 5.80. The molecule has 0 saturated carbocycles. The molecular weight excluding hydrogens is 222 g/mol. The van der Waals surface area contributed by atoms with Gasteiger partial charge in [-0.05, 0) is 45.2 Å². The van der Waals surface area contributed by atoms with E-state index in [2.05, 4.69) is 57.3 Å². The van der Waals surface area contributed by atoms with E-state index in [0.29, 0.717) is 18.0 Å². The predicted octanol–water partition coefficient (Wildman–Crippen LogP) is 3.42. The van der Waals surface area contributed by atoms with Crippen LogP contribution in [0.1, 0.15) is 59.2 Å². The molecule has 0 bridgehead atoms. The Balaban J connectivity index is 2.52. The third-order valence-electron chi connectivity index (χ3n) is 3.20. The van der Waals surface area contributed by atoms with Gasteiger partial charge in [0, 0.05) is 18.3 Å². The molecule has 18 heavy (non-hydrogen) atoms. The molecule has 0 aliphatic heterocycles. The van der Waals surface area contributed by atoms with E-state index in [1.807, 2.05) is 4.68 Å². The number of nitrogens with one attached hydrogen (secondary N) is 1. The predicted molar refractivity (Wildman–Crippen MR) is 77.9 cm³/mol. The normalized spacial score (nSPS) is 13.5. The van der Waals surface area contributed by atoms with Crippen LogP contribution in [-0.2, 0) is 6.42 Å². The van der Waals surface area contributed by atoms with Crippen molar-refractivity contribution in [3.8, 4) is 0 Å². The summed E-state index contributed by atoms with van der Waals surface area (Å²) in [5, 5.41) is 8.19. The highest BCUT2D eigenvalue weighted by Gasteiger charge is 2.12. The standard InChI is InChI=1S/C15H29N3/c1-6-7-14(11-16-12(2)3)10-15-8-9-18(17-15)13(4)5/h8-9,12-14,16H,6-7,10-11H2,1-5H3. The summed E-state index contributed by atoms with van der Waals surface area (Å²) in [4.78, 5) is 0. The van der Waals surface area contributed by atoms with Gasteiger partial charge in [-0.15, -0.1) is 0 Å². The van der Waals surface area contributed by atoms with Gasteiger partial charge >= 0.3 is 0 Å². The SMILES string of the molecule is CCCC(CNC(C)C)Cc1ccn(C(C)C)n1. The zero-order valence-corrected chi connectivity index (χ0v) is 12.6. The zero-order chi connectivity index (χ0) is 13.5. The second-order valence-electron chi connectivity index (χ2n) is 5.80. The number of aromatic nitrogens is 2. The number of hydrogen-bond donors (Lipinski definition) is 1. The Bertz CT molecular complexity index is 328. The maximum Gasteiger partial charge on any atom is 0.0627 e. The van der Waals surface area contributed by atoms with E-state index in [1.54, 1.807) is 0 Å². The van der Waals surface area contributed by atoms with Gasteiger partial charge in [-0.3, -0.25) is 4.68 Å². The summed E-state index contributed by atoms with van der Waals surface area (Å²) in [5.41, 5.74) is 1.23. The average molecular weight is 251 g/mol. The van der Waals surface area contributed by atoms with Gasteiger partial charge in [-0.2, -0.15) is 5.10 Å². The molecule has 0 radical (unpaired) electrons. The summed E-state index contributed by atoms with van der Waals surface area (Å²) in [6, 6.07) is 3.19. The van der Waals surface area contributed by atoms with Gasteiger partial charge in [-0.1, -0.05) is 27.2 Å². The van der Waals surface area contributed by atoms with Crippen LogP contribution in [0.2, 0.25) is 0 Å². The van der Waals surface area contributed by atoms with Gasteiger partial charge in [0.05, 0.1) is 5.69 Å². The van der Waals surface area contributed by atoms with Crippen LogP contribution in [0.5, 0.6) is 0 Å². The first kappa shape index (κ1) is 15.2. The molecule has 0 spiro atoms. The van der Waals surface area contributed by atoms with Crippen LogP contribution in [0.3, 0.4) is 0 Å². The smallest absolute Gasteiger partial charge is 0.0627 e. The van der Waals surface area contributed by atoms with Crippen molar-refractivity contribution >= 4 is 0 Å². The minimum Gasteiger partial charge on any atom is -0.314 e. The molecular formula is C15H29N3.